The molecule has 120 valence electrons. The number of imide groups is 1. The number of ether oxygens (including phenoxy) is 2. The number of benzene rings is 1. The van der Waals surface area contributed by atoms with Gasteiger partial charge in [0.2, 0.25) is 0 Å². The maximum absolute atomic E-state index is 12.1. The van der Waals surface area contributed by atoms with Crippen LogP contribution in [0.4, 0.5) is 4.79 Å². The van der Waals surface area contributed by atoms with Gasteiger partial charge in [0.15, 0.2) is 17.6 Å². The molecule has 8 nitrogen and oxygen atoms in total. The lowest BCUT2D eigenvalue weighted by Gasteiger charge is -2.20. The molecule has 0 fully saturated rings. The first-order valence-electron chi connectivity index (χ1n) is 6.45. The molecule has 4 N–H and O–H groups in total. The second-order valence-corrected chi connectivity index (χ2v) is 4.78. The van der Waals surface area contributed by atoms with Gasteiger partial charge in [0.1, 0.15) is 5.56 Å². The Morgan fingerprint density at radius 2 is 1.91 bits per heavy atom. The first-order valence-corrected chi connectivity index (χ1v) is 6.45. The van der Waals surface area contributed by atoms with Crippen LogP contribution in [-0.4, -0.2) is 36.2 Å². The number of amides is 3. The number of phenols is 1. The first kappa shape index (κ1) is 17.3. The summed E-state index contributed by atoms with van der Waals surface area (Å²) in [5.74, 6) is -2.46. The highest BCUT2D eigenvalue weighted by atomic mass is 16.5. The fourth-order valence-corrected chi connectivity index (χ4v) is 1.72. The van der Waals surface area contributed by atoms with Crippen LogP contribution in [0.5, 0.6) is 11.5 Å². The van der Waals surface area contributed by atoms with Crippen molar-refractivity contribution in [2.75, 3.05) is 7.11 Å². The minimum atomic E-state index is -1.23. The number of aromatic hydroxyl groups is 1. The summed E-state index contributed by atoms with van der Waals surface area (Å²) in [7, 11) is 1.33. The van der Waals surface area contributed by atoms with Crippen molar-refractivity contribution >= 4 is 17.9 Å². The molecule has 0 aliphatic carbocycles. The van der Waals surface area contributed by atoms with Crippen LogP contribution in [0.3, 0.4) is 0 Å². The van der Waals surface area contributed by atoms with E-state index in [1.807, 2.05) is 5.32 Å². The van der Waals surface area contributed by atoms with E-state index in [1.54, 1.807) is 13.8 Å². The largest absolute Gasteiger partial charge is 0.504 e. The summed E-state index contributed by atoms with van der Waals surface area (Å²) in [6.07, 6.45) is -1.23. The predicted octanol–water partition coefficient (Wildman–Crippen LogP) is 0.777. The van der Waals surface area contributed by atoms with Crippen molar-refractivity contribution in [3.05, 3.63) is 23.8 Å². The SMILES string of the molecule is COc1cccc(C(=O)OC(C(=O)NC(N)=O)C(C)C)c1O. The topological polar surface area (TPSA) is 128 Å². The lowest BCUT2D eigenvalue weighted by molar-refractivity contribution is -0.130. The number of primary amides is 1. The van der Waals surface area contributed by atoms with Gasteiger partial charge in [0, 0.05) is 0 Å². The Balaban J connectivity index is 2.97. The number of methoxy groups -OCH3 is 1. The Morgan fingerprint density at radius 1 is 1.27 bits per heavy atom. The molecular formula is C14H18N2O6. The van der Waals surface area contributed by atoms with Gasteiger partial charge in [-0.05, 0) is 18.1 Å². The zero-order valence-electron chi connectivity index (χ0n) is 12.5. The molecule has 22 heavy (non-hydrogen) atoms. The van der Waals surface area contributed by atoms with E-state index in [9.17, 15) is 19.5 Å². The number of hydrogen-bond acceptors (Lipinski definition) is 6. The first-order chi connectivity index (χ1) is 10.3. The molecule has 0 aliphatic rings. The van der Waals surface area contributed by atoms with Crippen molar-refractivity contribution < 1.29 is 29.0 Å². The molecule has 3 amide bonds. The monoisotopic (exact) mass is 310 g/mol. The summed E-state index contributed by atoms with van der Waals surface area (Å²) in [4.78, 5) is 34.6. The van der Waals surface area contributed by atoms with Gasteiger partial charge in [0.25, 0.3) is 5.91 Å². The molecule has 0 aromatic heterocycles. The fourth-order valence-electron chi connectivity index (χ4n) is 1.72. The van der Waals surface area contributed by atoms with Crippen molar-refractivity contribution in [2.45, 2.75) is 20.0 Å². The highest BCUT2D eigenvalue weighted by Gasteiger charge is 2.29. The minimum absolute atomic E-state index is 0.0946. The van der Waals surface area contributed by atoms with E-state index >= 15 is 0 Å². The second kappa shape index (κ2) is 7.30. The van der Waals surface area contributed by atoms with Crippen LogP contribution >= 0.6 is 0 Å². The maximum Gasteiger partial charge on any atom is 0.342 e. The molecule has 0 spiro atoms. The van der Waals surface area contributed by atoms with E-state index in [-0.39, 0.29) is 11.3 Å². The predicted molar refractivity (Wildman–Crippen MR) is 76.4 cm³/mol. The third-order valence-corrected chi connectivity index (χ3v) is 2.78. The Labute approximate surface area is 127 Å². The third-order valence-electron chi connectivity index (χ3n) is 2.78. The van der Waals surface area contributed by atoms with E-state index in [1.165, 1.54) is 25.3 Å². The average molecular weight is 310 g/mol. The van der Waals surface area contributed by atoms with Crippen LogP contribution in [0.2, 0.25) is 0 Å². The molecule has 1 atom stereocenters. The van der Waals surface area contributed by atoms with Crippen LogP contribution in [0.25, 0.3) is 0 Å². The molecule has 8 heteroatoms. The Bertz CT molecular complexity index is 585. The van der Waals surface area contributed by atoms with Gasteiger partial charge in [-0.25, -0.2) is 9.59 Å². The normalized spacial score (nSPS) is 11.6. The number of esters is 1. The number of carbonyl (C=O) groups excluding carboxylic acids is 3. The molecule has 1 rings (SSSR count). The van der Waals surface area contributed by atoms with Crippen molar-refractivity contribution in [1.29, 1.82) is 0 Å². The fraction of sp³-hybridized carbons (Fsp3) is 0.357. The van der Waals surface area contributed by atoms with Crippen molar-refractivity contribution in [2.24, 2.45) is 11.7 Å². The number of nitrogens with one attached hydrogen (secondary N) is 1. The van der Waals surface area contributed by atoms with Gasteiger partial charge >= 0.3 is 12.0 Å². The third kappa shape index (κ3) is 4.11. The Morgan fingerprint density at radius 3 is 2.41 bits per heavy atom. The van der Waals surface area contributed by atoms with E-state index < -0.39 is 35.7 Å². The van der Waals surface area contributed by atoms with Crippen LogP contribution in [0, 0.1) is 5.92 Å². The minimum Gasteiger partial charge on any atom is -0.504 e. The van der Waals surface area contributed by atoms with E-state index in [4.69, 9.17) is 15.2 Å². The summed E-state index contributed by atoms with van der Waals surface area (Å²) in [6, 6.07) is 3.23. The molecule has 1 unspecified atom stereocenters. The quantitative estimate of drug-likeness (QED) is 0.689. The summed E-state index contributed by atoms with van der Waals surface area (Å²) in [5, 5.41) is 11.7. The highest BCUT2D eigenvalue weighted by molar-refractivity contribution is 5.99. The van der Waals surface area contributed by atoms with Crippen LogP contribution in [0.15, 0.2) is 18.2 Å². The van der Waals surface area contributed by atoms with Gasteiger partial charge < -0.3 is 20.3 Å². The van der Waals surface area contributed by atoms with Crippen LogP contribution < -0.4 is 15.8 Å². The zero-order chi connectivity index (χ0) is 16.9. The Kier molecular flexibility index (Phi) is 5.73. The number of rotatable bonds is 5. The molecule has 0 saturated carbocycles. The van der Waals surface area contributed by atoms with Crippen LogP contribution in [-0.2, 0) is 9.53 Å². The number of nitrogens with two attached hydrogens (primary N) is 1. The number of hydrogen-bond donors (Lipinski definition) is 3. The molecule has 1 aromatic rings. The van der Waals surface area contributed by atoms with Crippen molar-refractivity contribution in [3.8, 4) is 11.5 Å². The van der Waals surface area contributed by atoms with Crippen molar-refractivity contribution in [1.82, 2.24) is 5.32 Å². The molecule has 0 bridgehead atoms. The van der Waals surface area contributed by atoms with E-state index in [0.717, 1.165) is 0 Å². The molecule has 1 aromatic carbocycles. The maximum atomic E-state index is 12.1. The zero-order valence-corrected chi connectivity index (χ0v) is 12.5. The summed E-state index contributed by atoms with van der Waals surface area (Å²) < 4.78 is 9.96. The number of para-hydroxylation sites is 1. The Hall–Kier alpha value is -2.77. The van der Waals surface area contributed by atoms with E-state index in [2.05, 4.69) is 0 Å². The van der Waals surface area contributed by atoms with Gasteiger partial charge in [-0.2, -0.15) is 0 Å². The van der Waals surface area contributed by atoms with Crippen LogP contribution in [0.1, 0.15) is 24.2 Å². The molecule has 0 radical (unpaired) electrons. The lowest BCUT2D eigenvalue weighted by Crippen LogP contribution is -2.45. The molecular weight excluding hydrogens is 292 g/mol. The van der Waals surface area contributed by atoms with Gasteiger partial charge in [-0.1, -0.05) is 19.9 Å². The van der Waals surface area contributed by atoms with Crippen molar-refractivity contribution in [3.63, 3.8) is 0 Å². The number of carbonyl (C=O) groups is 3. The molecule has 0 aliphatic heterocycles. The summed E-state index contributed by atoms with van der Waals surface area (Å²) in [6.45, 7) is 3.26. The number of urea groups is 1. The summed E-state index contributed by atoms with van der Waals surface area (Å²) in [5.41, 5.74) is 4.71. The van der Waals surface area contributed by atoms with Gasteiger partial charge in [-0.15, -0.1) is 0 Å². The van der Waals surface area contributed by atoms with E-state index in [0.29, 0.717) is 0 Å². The highest BCUT2D eigenvalue weighted by Crippen LogP contribution is 2.30. The van der Waals surface area contributed by atoms with Gasteiger partial charge in [-0.3, -0.25) is 10.1 Å². The van der Waals surface area contributed by atoms with Gasteiger partial charge in [0.05, 0.1) is 7.11 Å². The lowest BCUT2D eigenvalue weighted by atomic mass is 10.1. The second-order valence-electron chi connectivity index (χ2n) is 4.78. The smallest absolute Gasteiger partial charge is 0.342 e. The number of phenolic OH excluding ortho intramolecular Hbond substituents is 1. The average Bonchev–Trinajstić information content (AvgIpc) is 2.43. The summed E-state index contributed by atoms with van der Waals surface area (Å²) >= 11 is 0. The molecule has 0 heterocycles. The standard InChI is InChI=1S/C14H18N2O6/c1-7(2)11(12(18)16-14(15)20)22-13(19)8-5-4-6-9(21-3)10(8)17/h4-7,11,17H,1-3H3,(H3,15,16,18,20). The molecule has 0 saturated heterocycles.